The number of ether oxygens (including phenoxy) is 6. The third-order valence-corrected chi connectivity index (χ3v) is 18.0. The van der Waals surface area contributed by atoms with Gasteiger partial charge in [0.05, 0.1) is 48.8 Å². The summed E-state index contributed by atoms with van der Waals surface area (Å²) < 4.78 is 36.8. The van der Waals surface area contributed by atoms with Crippen LogP contribution in [0.25, 0.3) is 0 Å². The molecule has 8 rings (SSSR count). The Bertz CT molecular complexity index is 1580. The molecule has 0 aromatic rings. The number of hydrogen-bond donors (Lipinski definition) is 8. The molecule has 0 aromatic heterocycles. The van der Waals surface area contributed by atoms with Gasteiger partial charge in [0, 0.05) is 12.8 Å². The van der Waals surface area contributed by atoms with Crippen LogP contribution in [0.2, 0.25) is 0 Å². The molecule has 5 aliphatic carbocycles. The number of rotatable bonds is 8. The zero-order chi connectivity index (χ0) is 42.3. The Hall–Kier alpha value is -1.05. The van der Waals surface area contributed by atoms with Gasteiger partial charge >= 0.3 is 5.97 Å². The van der Waals surface area contributed by atoms with Crippen LogP contribution in [-0.4, -0.2) is 151 Å². The number of hydrogen-bond acceptors (Lipinski definition) is 15. The number of carbonyl (C=O) groups is 1. The van der Waals surface area contributed by atoms with Crippen LogP contribution in [0.3, 0.4) is 0 Å². The summed E-state index contributed by atoms with van der Waals surface area (Å²) in [4.78, 5) is 11.9. The average molecular weight is 827 g/mol. The Balaban J connectivity index is 0.996. The van der Waals surface area contributed by atoms with Crippen LogP contribution in [0.5, 0.6) is 0 Å². The molecule has 0 aromatic carbocycles. The van der Waals surface area contributed by atoms with Gasteiger partial charge in [0.15, 0.2) is 18.7 Å². The fourth-order valence-electron chi connectivity index (χ4n) is 15.3. The molecule has 0 amide bonds. The number of aliphatic hydroxyl groups excluding tert-OH is 8. The lowest BCUT2D eigenvalue weighted by atomic mass is 9.41. The highest BCUT2D eigenvalue weighted by molar-refractivity contribution is 5.66. The predicted molar refractivity (Wildman–Crippen MR) is 203 cm³/mol. The van der Waals surface area contributed by atoms with E-state index in [-0.39, 0.29) is 52.1 Å². The first-order chi connectivity index (χ1) is 26.9. The van der Waals surface area contributed by atoms with E-state index in [9.17, 15) is 45.6 Å². The van der Waals surface area contributed by atoms with Crippen molar-refractivity contribution in [2.75, 3.05) is 13.2 Å². The summed E-state index contributed by atoms with van der Waals surface area (Å²) in [7, 11) is 0. The minimum absolute atomic E-state index is 0.00509. The average Bonchev–Trinajstić information content (AvgIpc) is 3.49. The van der Waals surface area contributed by atoms with Crippen molar-refractivity contribution in [2.24, 2.45) is 44.8 Å². The number of carbonyl (C=O) groups excluding carboxylic acids is 1. The summed E-state index contributed by atoms with van der Waals surface area (Å²) in [5, 5.41) is 86.7. The molecule has 0 unspecified atom stereocenters. The van der Waals surface area contributed by atoms with E-state index < -0.39 is 103 Å². The maximum atomic E-state index is 12.4. The van der Waals surface area contributed by atoms with Crippen molar-refractivity contribution in [3.63, 3.8) is 0 Å². The molecule has 8 N–H and O–H groups in total. The highest BCUT2D eigenvalue weighted by atomic mass is 16.7. The summed E-state index contributed by atoms with van der Waals surface area (Å²) in [5.74, 6) is -0.703. The standard InChI is InChI=1S/C43H70O15/c1-20(45)54-32-28(49)23(48)18-53-36(32)56-26-10-12-43-19-42(43)14-13-39(6)34(22(47)16-40(39,7)25(42)15-21(46)33(43)37(26,2)3)41(8)11-9-27(57-41)38(4,5)58-35-31(52)30(51)29(50)24(17-44)55-35/h21-36,44,46-52H,9-19H2,1-8H3/t21-,22-,23+,24+,25-,26-,27+,28-,29+,30-,31+,32+,33-,34-,35-,36-,39+,40-,41-,42-,43+/m0/s1. The van der Waals surface area contributed by atoms with Gasteiger partial charge in [-0.05, 0) is 117 Å². The van der Waals surface area contributed by atoms with Crippen molar-refractivity contribution in [1.29, 1.82) is 0 Å². The van der Waals surface area contributed by atoms with Gasteiger partial charge in [0.1, 0.15) is 36.6 Å². The molecule has 0 radical (unpaired) electrons. The molecule has 3 heterocycles. The van der Waals surface area contributed by atoms with E-state index in [1.54, 1.807) is 0 Å². The zero-order valence-electron chi connectivity index (χ0n) is 35.5. The second-order valence-electron chi connectivity index (χ2n) is 21.6. The van der Waals surface area contributed by atoms with E-state index >= 15 is 0 Å². The van der Waals surface area contributed by atoms with Gasteiger partial charge in [0.2, 0.25) is 0 Å². The van der Waals surface area contributed by atoms with Crippen molar-refractivity contribution in [2.45, 2.75) is 204 Å². The third-order valence-electron chi connectivity index (χ3n) is 18.0. The van der Waals surface area contributed by atoms with Crippen LogP contribution in [-0.2, 0) is 33.2 Å². The fourth-order valence-corrected chi connectivity index (χ4v) is 15.3. The Morgan fingerprint density at radius 1 is 0.776 bits per heavy atom. The second kappa shape index (κ2) is 14.2. The maximum Gasteiger partial charge on any atom is 0.303 e. The summed E-state index contributed by atoms with van der Waals surface area (Å²) in [6.07, 6.45) is -6.89. The van der Waals surface area contributed by atoms with Crippen molar-refractivity contribution < 1.29 is 74.1 Å². The van der Waals surface area contributed by atoms with E-state index in [4.69, 9.17) is 28.4 Å². The Kier molecular flexibility index (Phi) is 10.7. The van der Waals surface area contributed by atoms with E-state index in [1.807, 2.05) is 13.8 Å². The van der Waals surface area contributed by atoms with Gasteiger partial charge in [-0.3, -0.25) is 4.79 Å². The normalized spacial score (nSPS) is 56.1. The molecule has 8 aliphatic rings. The van der Waals surface area contributed by atoms with E-state index in [2.05, 4.69) is 34.6 Å². The zero-order valence-corrected chi connectivity index (χ0v) is 35.5. The molecular formula is C43H70O15. The number of fused-ring (bicyclic) bond motifs is 2. The Morgan fingerprint density at radius 2 is 1.48 bits per heavy atom. The smallest absolute Gasteiger partial charge is 0.303 e. The molecule has 15 heteroatoms. The lowest BCUT2D eigenvalue weighted by molar-refractivity contribution is -0.334. The molecule has 3 aliphatic heterocycles. The largest absolute Gasteiger partial charge is 0.454 e. The molecule has 15 nitrogen and oxygen atoms in total. The van der Waals surface area contributed by atoms with Gasteiger partial charge in [-0.25, -0.2) is 0 Å². The summed E-state index contributed by atoms with van der Waals surface area (Å²) >= 11 is 0. The van der Waals surface area contributed by atoms with Crippen LogP contribution >= 0.6 is 0 Å². The van der Waals surface area contributed by atoms with Crippen LogP contribution in [0.15, 0.2) is 0 Å². The molecule has 8 fully saturated rings. The second-order valence-corrected chi connectivity index (χ2v) is 21.6. The summed E-state index contributed by atoms with van der Waals surface area (Å²) in [6, 6.07) is 0. The topological polar surface area (TPSA) is 234 Å². The molecule has 0 bridgehead atoms. The monoisotopic (exact) mass is 826 g/mol. The lowest BCUT2D eigenvalue weighted by Gasteiger charge is -2.64. The first-order valence-electron chi connectivity index (χ1n) is 21.8. The van der Waals surface area contributed by atoms with E-state index in [1.165, 1.54) is 6.92 Å². The molecular weight excluding hydrogens is 756 g/mol. The first-order valence-corrected chi connectivity index (χ1v) is 21.8. The highest BCUT2D eigenvalue weighted by Gasteiger charge is 2.85. The molecule has 2 spiro atoms. The fraction of sp³-hybridized carbons (Fsp3) is 0.977. The Labute approximate surface area is 341 Å². The van der Waals surface area contributed by atoms with Crippen molar-refractivity contribution >= 4 is 5.97 Å². The summed E-state index contributed by atoms with van der Waals surface area (Å²) in [5.41, 5.74) is -2.91. The van der Waals surface area contributed by atoms with Gasteiger partial charge in [-0.2, -0.15) is 0 Å². The van der Waals surface area contributed by atoms with Gasteiger partial charge < -0.3 is 69.3 Å². The number of esters is 1. The quantitative estimate of drug-likeness (QED) is 0.127. The molecule has 21 atom stereocenters. The van der Waals surface area contributed by atoms with Crippen molar-refractivity contribution in [3.8, 4) is 0 Å². The SMILES string of the molecule is CC(=O)O[C@H]1[C@H](O[C@H]2CC[C@]34C[C@]35CC[C@]3(C)[C@@H]([C@]6(C)CC[C@H](C(C)(C)O[C@@H]7O[C@H](CO)[C@@H](O)[C@H](O)[C@H]7O)O6)[C@@H](O)C[C@@]3(C)[C@@H]5C[C@H](O)[C@H]4C2(C)C)OC[C@@H](O)[C@@H]1O. The van der Waals surface area contributed by atoms with E-state index in [0.29, 0.717) is 32.1 Å². The third kappa shape index (κ3) is 6.10. The highest BCUT2D eigenvalue weighted by Crippen LogP contribution is 2.89. The first kappa shape index (κ1) is 43.6. The maximum absolute atomic E-state index is 12.4. The van der Waals surface area contributed by atoms with Crippen LogP contribution in [0, 0.1) is 44.8 Å². The molecule has 58 heavy (non-hydrogen) atoms. The van der Waals surface area contributed by atoms with Gasteiger partial charge in [-0.15, -0.1) is 0 Å². The van der Waals surface area contributed by atoms with Crippen LogP contribution in [0.1, 0.15) is 113 Å². The van der Waals surface area contributed by atoms with Gasteiger partial charge in [-0.1, -0.05) is 27.7 Å². The molecule has 5 saturated carbocycles. The minimum atomic E-state index is -1.56. The van der Waals surface area contributed by atoms with Crippen LogP contribution in [0.4, 0.5) is 0 Å². The lowest BCUT2D eigenvalue weighted by Crippen LogP contribution is -2.63. The number of aliphatic hydroxyl groups is 8. The molecule has 3 saturated heterocycles. The minimum Gasteiger partial charge on any atom is -0.454 e. The predicted octanol–water partition coefficient (Wildman–Crippen LogP) is 1.29. The summed E-state index contributed by atoms with van der Waals surface area (Å²) in [6.45, 7) is 15.3. The van der Waals surface area contributed by atoms with Gasteiger partial charge in [0.25, 0.3) is 0 Å². The van der Waals surface area contributed by atoms with E-state index in [0.717, 1.165) is 25.7 Å². The molecule has 332 valence electrons. The van der Waals surface area contributed by atoms with Crippen molar-refractivity contribution in [1.82, 2.24) is 0 Å². The Morgan fingerprint density at radius 3 is 2.16 bits per heavy atom. The van der Waals surface area contributed by atoms with Crippen molar-refractivity contribution in [3.05, 3.63) is 0 Å². The van der Waals surface area contributed by atoms with Crippen LogP contribution < -0.4 is 0 Å².